The summed E-state index contributed by atoms with van der Waals surface area (Å²) in [7, 11) is 0. The molecule has 1 aliphatic rings. The van der Waals surface area contributed by atoms with Gasteiger partial charge in [-0.15, -0.1) is 11.8 Å². The summed E-state index contributed by atoms with van der Waals surface area (Å²) in [6.45, 7) is 0. The van der Waals surface area contributed by atoms with E-state index < -0.39 is 5.97 Å². The minimum absolute atomic E-state index is 0.321. The standard InChI is InChI=1S/C18H13FO2S/c1-22-16-8-2-12(3-9-16)10-14-11-17(21-18(14)20)13-4-6-15(19)7-5-13/h2-11H,1H3/b14-10-. The summed E-state index contributed by atoms with van der Waals surface area (Å²) in [6, 6.07) is 13.8. The second-order valence-electron chi connectivity index (χ2n) is 4.78. The molecule has 0 radical (unpaired) electrons. The van der Waals surface area contributed by atoms with Crippen molar-refractivity contribution in [3.05, 3.63) is 77.1 Å². The summed E-state index contributed by atoms with van der Waals surface area (Å²) in [5, 5.41) is 0. The van der Waals surface area contributed by atoms with Gasteiger partial charge in [-0.05, 0) is 60.4 Å². The molecule has 2 nitrogen and oxygen atoms in total. The molecule has 1 aliphatic heterocycles. The van der Waals surface area contributed by atoms with Crippen LogP contribution < -0.4 is 0 Å². The number of esters is 1. The fourth-order valence-electron chi connectivity index (χ4n) is 2.13. The maximum absolute atomic E-state index is 12.9. The molecule has 110 valence electrons. The summed E-state index contributed by atoms with van der Waals surface area (Å²) < 4.78 is 18.2. The molecule has 0 amide bonds. The van der Waals surface area contributed by atoms with Gasteiger partial charge in [0.1, 0.15) is 11.6 Å². The van der Waals surface area contributed by atoms with Gasteiger partial charge in [0.05, 0.1) is 5.57 Å². The van der Waals surface area contributed by atoms with Gasteiger partial charge in [-0.3, -0.25) is 0 Å². The number of thioether (sulfide) groups is 1. The van der Waals surface area contributed by atoms with Crippen LogP contribution in [0.1, 0.15) is 11.1 Å². The van der Waals surface area contributed by atoms with Crippen LogP contribution in [0, 0.1) is 5.82 Å². The van der Waals surface area contributed by atoms with Crippen molar-refractivity contribution in [2.45, 2.75) is 4.90 Å². The van der Waals surface area contributed by atoms with E-state index in [1.165, 1.54) is 17.0 Å². The Morgan fingerprint density at radius 3 is 2.36 bits per heavy atom. The number of carbonyl (C=O) groups is 1. The number of rotatable bonds is 3. The van der Waals surface area contributed by atoms with E-state index in [1.54, 1.807) is 36.0 Å². The highest BCUT2D eigenvalue weighted by molar-refractivity contribution is 7.98. The Labute approximate surface area is 132 Å². The second-order valence-corrected chi connectivity index (χ2v) is 5.66. The molecule has 0 spiro atoms. The van der Waals surface area contributed by atoms with Crippen LogP contribution >= 0.6 is 11.8 Å². The van der Waals surface area contributed by atoms with Crippen molar-refractivity contribution in [3.63, 3.8) is 0 Å². The number of ether oxygens (including phenoxy) is 1. The van der Waals surface area contributed by atoms with Gasteiger partial charge in [-0.1, -0.05) is 12.1 Å². The van der Waals surface area contributed by atoms with E-state index in [1.807, 2.05) is 30.5 Å². The molecule has 0 bridgehead atoms. The molecule has 0 saturated heterocycles. The van der Waals surface area contributed by atoms with E-state index >= 15 is 0 Å². The van der Waals surface area contributed by atoms with Crippen molar-refractivity contribution >= 4 is 29.6 Å². The SMILES string of the molecule is CSc1ccc(/C=C2/C=C(c3ccc(F)cc3)OC2=O)cc1. The maximum Gasteiger partial charge on any atom is 0.343 e. The normalized spacial score (nSPS) is 15.8. The second kappa shape index (κ2) is 6.20. The first-order valence-electron chi connectivity index (χ1n) is 6.71. The molecule has 0 atom stereocenters. The third-order valence-corrected chi connectivity index (χ3v) is 4.04. The molecule has 4 heteroatoms. The largest absolute Gasteiger partial charge is 0.422 e. The number of carbonyl (C=O) groups excluding carboxylic acids is 1. The van der Waals surface area contributed by atoms with Gasteiger partial charge in [0.2, 0.25) is 0 Å². The Morgan fingerprint density at radius 2 is 1.73 bits per heavy atom. The smallest absolute Gasteiger partial charge is 0.343 e. The number of benzene rings is 2. The van der Waals surface area contributed by atoms with Crippen molar-refractivity contribution in [3.8, 4) is 0 Å². The number of hydrogen-bond donors (Lipinski definition) is 0. The van der Waals surface area contributed by atoms with Crippen molar-refractivity contribution in [2.24, 2.45) is 0 Å². The zero-order valence-electron chi connectivity index (χ0n) is 11.9. The molecule has 1 heterocycles. The van der Waals surface area contributed by atoms with Crippen molar-refractivity contribution in [1.82, 2.24) is 0 Å². The lowest BCUT2D eigenvalue weighted by atomic mass is 10.1. The van der Waals surface area contributed by atoms with Gasteiger partial charge in [-0.25, -0.2) is 9.18 Å². The van der Waals surface area contributed by atoms with Crippen LogP contribution in [-0.2, 0) is 9.53 Å². The average Bonchev–Trinajstić information content (AvgIpc) is 2.90. The Morgan fingerprint density at radius 1 is 1.05 bits per heavy atom. The molecule has 0 fully saturated rings. The number of halogens is 1. The number of hydrogen-bond acceptors (Lipinski definition) is 3. The maximum atomic E-state index is 12.9. The van der Waals surface area contributed by atoms with E-state index in [9.17, 15) is 9.18 Å². The molecule has 0 aromatic heterocycles. The van der Waals surface area contributed by atoms with Crippen LogP contribution in [0.25, 0.3) is 11.8 Å². The Bertz CT molecular complexity index is 759. The summed E-state index contributed by atoms with van der Waals surface area (Å²) in [6.07, 6.45) is 5.47. The van der Waals surface area contributed by atoms with E-state index in [0.29, 0.717) is 16.9 Å². The molecule has 0 aliphatic carbocycles. The molecule has 0 N–H and O–H groups in total. The molecule has 3 rings (SSSR count). The fraction of sp³-hybridized carbons (Fsp3) is 0.0556. The van der Waals surface area contributed by atoms with Crippen LogP contribution in [0.4, 0.5) is 4.39 Å². The minimum Gasteiger partial charge on any atom is -0.422 e. The first kappa shape index (κ1) is 14.6. The first-order valence-corrected chi connectivity index (χ1v) is 7.94. The first-order chi connectivity index (χ1) is 10.7. The topological polar surface area (TPSA) is 26.3 Å². The lowest BCUT2D eigenvalue weighted by molar-refractivity contribution is -0.130. The van der Waals surface area contributed by atoms with Gasteiger partial charge < -0.3 is 4.74 Å². The van der Waals surface area contributed by atoms with Gasteiger partial charge in [0, 0.05) is 10.5 Å². The predicted octanol–water partition coefficient (Wildman–Crippen LogP) is 4.53. The molecule has 0 saturated carbocycles. The Kier molecular flexibility index (Phi) is 4.11. The molecular formula is C18H13FO2S. The summed E-state index contributed by atoms with van der Waals surface area (Å²) in [5.74, 6) is -0.274. The highest BCUT2D eigenvalue weighted by Crippen LogP contribution is 2.27. The molecule has 0 unspecified atom stereocenters. The van der Waals surface area contributed by atoms with Crippen molar-refractivity contribution in [2.75, 3.05) is 6.26 Å². The molecular weight excluding hydrogens is 299 g/mol. The van der Waals surface area contributed by atoms with Crippen LogP contribution in [-0.4, -0.2) is 12.2 Å². The van der Waals surface area contributed by atoms with E-state index in [2.05, 4.69) is 0 Å². The van der Waals surface area contributed by atoms with Gasteiger partial charge in [-0.2, -0.15) is 0 Å². The predicted molar refractivity (Wildman–Crippen MR) is 86.7 cm³/mol. The number of cyclic esters (lactones) is 1. The third kappa shape index (κ3) is 3.12. The molecule has 2 aromatic carbocycles. The van der Waals surface area contributed by atoms with E-state index in [-0.39, 0.29) is 5.82 Å². The van der Waals surface area contributed by atoms with Crippen molar-refractivity contribution < 1.29 is 13.9 Å². The van der Waals surface area contributed by atoms with Gasteiger partial charge in [0.15, 0.2) is 0 Å². The van der Waals surface area contributed by atoms with Crippen LogP contribution in [0.3, 0.4) is 0 Å². The zero-order valence-corrected chi connectivity index (χ0v) is 12.7. The van der Waals surface area contributed by atoms with Crippen LogP contribution in [0.2, 0.25) is 0 Å². The van der Waals surface area contributed by atoms with Crippen LogP contribution in [0.5, 0.6) is 0 Å². The highest BCUT2D eigenvalue weighted by atomic mass is 32.2. The summed E-state index contributed by atoms with van der Waals surface area (Å²) in [5.41, 5.74) is 2.09. The zero-order chi connectivity index (χ0) is 15.5. The molecule has 2 aromatic rings. The summed E-state index contributed by atoms with van der Waals surface area (Å²) in [4.78, 5) is 13.1. The van der Waals surface area contributed by atoms with Gasteiger partial charge in [0.25, 0.3) is 0 Å². The Balaban J connectivity index is 1.88. The Hall–Kier alpha value is -2.33. The lowest BCUT2D eigenvalue weighted by Crippen LogP contribution is -1.97. The lowest BCUT2D eigenvalue weighted by Gasteiger charge is -2.00. The summed E-state index contributed by atoms with van der Waals surface area (Å²) >= 11 is 1.66. The fourth-order valence-corrected chi connectivity index (χ4v) is 2.53. The monoisotopic (exact) mass is 312 g/mol. The minimum atomic E-state index is -0.395. The van der Waals surface area contributed by atoms with Gasteiger partial charge >= 0.3 is 5.97 Å². The van der Waals surface area contributed by atoms with Crippen molar-refractivity contribution in [1.29, 1.82) is 0 Å². The quantitative estimate of drug-likeness (QED) is 0.473. The highest BCUT2D eigenvalue weighted by Gasteiger charge is 2.21. The third-order valence-electron chi connectivity index (χ3n) is 3.29. The van der Waals surface area contributed by atoms with Crippen LogP contribution in [0.15, 0.2) is 65.1 Å². The average molecular weight is 312 g/mol. The van der Waals surface area contributed by atoms with E-state index in [4.69, 9.17) is 4.74 Å². The molecule has 22 heavy (non-hydrogen) atoms. The van der Waals surface area contributed by atoms with E-state index in [0.717, 1.165) is 5.56 Å².